The van der Waals surface area contributed by atoms with E-state index in [1.165, 1.54) is 28.1 Å². The van der Waals surface area contributed by atoms with Crippen LogP contribution < -0.4 is 0 Å². The zero-order chi connectivity index (χ0) is 19.4. The molecule has 1 fully saturated rings. The average molecular weight is 389 g/mol. The summed E-state index contributed by atoms with van der Waals surface area (Å²) >= 11 is 0. The summed E-state index contributed by atoms with van der Waals surface area (Å²) in [6.07, 6.45) is 0.919. The highest BCUT2D eigenvalue weighted by Crippen LogP contribution is 2.23. The first-order chi connectivity index (χ1) is 12.9. The molecule has 1 heterocycles. The molecule has 144 valence electrons. The number of hydrogen-bond donors (Lipinski definition) is 0. The minimum absolute atomic E-state index is 0.0263. The maximum absolute atomic E-state index is 12.9. The van der Waals surface area contributed by atoms with Crippen LogP contribution in [0.3, 0.4) is 0 Å². The van der Waals surface area contributed by atoms with Crippen molar-refractivity contribution in [3.05, 3.63) is 70.3 Å². The molecule has 0 aliphatic carbocycles. The third-order valence-corrected chi connectivity index (χ3v) is 6.79. The third kappa shape index (κ3) is 4.52. The van der Waals surface area contributed by atoms with Crippen molar-refractivity contribution >= 4 is 15.7 Å². The molecule has 1 saturated heterocycles. The van der Waals surface area contributed by atoms with Crippen molar-refractivity contribution in [1.29, 1.82) is 0 Å². The molecule has 7 nitrogen and oxygen atoms in total. The molecule has 1 aliphatic rings. The fourth-order valence-electron chi connectivity index (χ4n) is 3.34. The minimum Gasteiger partial charge on any atom is -0.298 e. The number of rotatable bonds is 6. The highest BCUT2D eigenvalue weighted by Gasteiger charge is 2.32. The third-order valence-electron chi connectivity index (χ3n) is 4.92. The van der Waals surface area contributed by atoms with E-state index in [1.54, 1.807) is 0 Å². The van der Waals surface area contributed by atoms with Gasteiger partial charge in [0.05, 0.1) is 9.82 Å². The zero-order valence-corrected chi connectivity index (χ0v) is 16.0. The number of nitrogens with zero attached hydrogens (tertiary/aromatic N) is 3. The molecule has 2 aromatic rings. The Hall–Kier alpha value is -2.29. The lowest BCUT2D eigenvalue weighted by Gasteiger charge is -2.39. The maximum atomic E-state index is 12.9. The van der Waals surface area contributed by atoms with Crippen LogP contribution in [0.25, 0.3) is 0 Å². The molecular weight excluding hydrogens is 366 g/mol. The summed E-state index contributed by atoms with van der Waals surface area (Å²) in [6, 6.07) is 15.5. The van der Waals surface area contributed by atoms with Crippen molar-refractivity contribution in [3.63, 3.8) is 0 Å². The first kappa shape index (κ1) is 19.5. The standard InChI is InChI=1S/C19H23N3O4S/c1-16-15-21(13-12-20(16)11-10-17-6-3-2-4-7-17)27(25,26)19-9-5-8-18(14-19)22(23)24/h2-9,14,16H,10-13,15H2,1H3. The summed E-state index contributed by atoms with van der Waals surface area (Å²) in [4.78, 5) is 12.6. The fourth-order valence-corrected chi connectivity index (χ4v) is 4.89. The quantitative estimate of drug-likeness (QED) is 0.560. The Morgan fingerprint density at radius 3 is 2.52 bits per heavy atom. The van der Waals surface area contributed by atoms with Gasteiger partial charge in [-0.15, -0.1) is 0 Å². The molecule has 0 bridgehead atoms. The number of nitro groups is 1. The van der Waals surface area contributed by atoms with E-state index >= 15 is 0 Å². The van der Waals surface area contributed by atoms with Gasteiger partial charge in [0.1, 0.15) is 0 Å². The molecule has 0 saturated carbocycles. The Morgan fingerprint density at radius 2 is 1.85 bits per heavy atom. The van der Waals surface area contributed by atoms with Gasteiger partial charge in [-0.05, 0) is 25.0 Å². The van der Waals surface area contributed by atoms with Gasteiger partial charge in [0.15, 0.2) is 0 Å². The Labute approximate surface area is 159 Å². The van der Waals surface area contributed by atoms with Crippen LogP contribution >= 0.6 is 0 Å². The number of nitro benzene ring substituents is 1. The van der Waals surface area contributed by atoms with Crippen LogP contribution in [-0.2, 0) is 16.4 Å². The Morgan fingerprint density at radius 1 is 1.11 bits per heavy atom. The number of benzene rings is 2. The predicted octanol–water partition coefficient (Wildman–Crippen LogP) is 2.53. The Kier molecular flexibility index (Phi) is 5.88. The van der Waals surface area contributed by atoms with Crippen molar-refractivity contribution in [3.8, 4) is 0 Å². The lowest BCUT2D eigenvalue weighted by molar-refractivity contribution is -0.385. The first-order valence-corrected chi connectivity index (χ1v) is 10.3. The van der Waals surface area contributed by atoms with Crippen LogP contribution in [0, 0.1) is 10.1 Å². The van der Waals surface area contributed by atoms with E-state index in [0.29, 0.717) is 19.6 Å². The van der Waals surface area contributed by atoms with E-state index in [-0.39, 0.29) is 16.6 Å². The van der Waals surface area contributed by atoms with E-state index in [4.69, 9.17) is 0 Å². The summed E-state index contributed by atoms with van der Waals surface area (Å²) < 4.78 is 27.2. The number of sulfonamides is 1. The van der Waals surface area contributed by atoms with Gasteiger partial charge in [0.2, 0.25) is 10.0 Å². The van der Waals surface area contributed by atoms with Gasteiger partial charge in [-0.1, -0.05) is 36.4 Å². The lowest BCUT2D eigenvalue weighted by Crippen LogP contribution is -2.53. The van der Waals surface area contributed by atoms with Crippen molar-refractivity contribution in [2.45, 2.75) is 24.3 Å². The van der Waals surface area contributed by atoms with Crippen LogP contribution in [0.4, 0.5) is 5.69 Å². The minimum atomic E-state index is -3.74. The average Bonchev–Trinajstić information content (AvgIpc) is 2.68. The van der Waals surface area contributed by atoms with Crippen LogP contribution in [0.5, 0.6) is 0 Å². The smallest absolute Gasteiger partial charge is 0.270 e. The van der Waals surface area contributed by atoms with E-state index in [2.05, 4.69) is 17.0 Å². The highest BCUT2D eigenvalue weighted by molar-refractivity contribution is 7.89. The topological polar surface area (TPSA) is 83.8 Å². The van der Waals surface area contributed by atoms with E-state index in [9.17, 15) is 18.5 Å². The van der Waals surface area contributed by atoms with Gasteiger partial charge in [-0.2, -0.15) is 4.31 Å². The molecule has 3 rings (SSSR count). The molecule has 1 unspecified atom stereocenters. The second-order valence-electron chi connectivity index (χ2n) is 6.74. The largest absolute Gasteiger partial charge is 0.298 e. The molecule has 1 aliphatic heterocycles. The molecule has 0 radical (unpaired) electrons. The van der Waals surface area contributed by atoms with Gasteiger partial charge in [0.25, 0.3) is 5.69 Å². The van der Waals surface area contributed by atoms with E-state index in [1.807, 2.05) is 25.1 Å². The number of piperazine rings is 1. The Balaban J connectivity index is 1.66. The molecule has 8 heteroatoms. The summed E-state index contributed by atoms with van der Waals surface area (Å²) in [7, 11) is -3.74. The van der Waals surface area contributed by atoms with Gasteiger partial charge in [-0.25, -0.2) is 8.42 Å². The van der Waals surface area contributed by atoms with Gasteiger partial charge < -0.3 is 0 Å². The molecule has 0 amide bonds. The lowest BCUT2D eigenvalue weighted by atomic mass is 10.1. The molecule has 0 aromatic heterocycles. The van der Waals surface area contributed by atoms with Crippen molar-refractivity contribution in [2.75, 3.05) is 26.2 Å². The maximum Gasteiger partial charge on any atom is 0.270 e. The van der Waals surface area contributed by atoms with Crippen LogP contribution in [-0.4, -0.2) is 54.8 Å². The first-order valence-electron chi connectivity index (χ1n) is 8.90. The van der Waals surface area contributed by atoms with E-state index in [0.717, 1.165) is 19.0 Å². The van der Waals surface area contributed by atoms with Crippen LogP contribution in [0.1, 0.15) is 12.5 Å². The predicted molar refractivity (Wildman–Crippen MR) is 103 cm³/mol. The van der Waals surface area contributed by atoms with E-state index < -0.39 is 14.9 Å². The molecule has 0 N–H and O–H groups in total. The van der Waals surface area contributed by atoms with Gasteiger partial charge in [0, 0.05) is 44.4 Å². The highest BCUT2D eigenvalue weighted by atomic mass is 32.2. The number of non-ortho nitro benzene ring substituents is 1. The molecule has 2 aromatic carbocycles. The van der Waals surface area contributed by atoms with Gasteiger partial charge >= 0.3 is 0 Å². The zero-order valence-electron chi connectivity index (χ0n) is 15.2. The number of hydrogen-bond acceptors (Lipinski definition) is 5. The monoisotopic (exact) mass is 389 g/mol. The van der Waals surface area contributed by atoms with Gasteiger partial charge in [-0.3, -0.25) is 15.0 Å². The summed E-state index contributed by atoms with van der Waals surface area (Å²) in [5.74, 6) is 0. The van der Waals surface area contributed by atoms with Crippen LogP contribution in [0.15, 0.2) is 59.5 Å². The molecule has 0 spiro atoms. The van der Waals surface area contributed by atoms with Crippen molar-refractivity contribution < 1.29 is 13.3 Å². The summed E-state index contributed by atoms with van der Waals surface area (Å²) in [5.41, 5.74) is 1.04. The van der Waals surface area contributed by atoms with Crippen molar-refractivity contribution in [2.24, 2.45) is 0 Å². The fraction of sp³-hybridized carbons (Fsp3) is 0.368. The summed E-state index contributed by atoms with van der Waals surface area (Å²) in [5, 5.41) is 10.9. The van der Waals surface area contributed by atoms with Crippen LogP contribution in [0.2, 0.25) is 0 Å². The second kappa shape index (κ2) is 8.16. The SMILES string of the molecule is CC1CN(S(=O)(=O)c2cccc([N+](=O)[O-])c2)CCN1CCc1ccccc1. The molecular formula is C19H23N3O4S. The molecule has 1 atom stereocenters. The second-order valence-corrected chi connectivity index (χ2v) is 8.68. The summed E-state index contributed by atoms with van der Waals surface area (Å²) in [6.45, 7) is 4.28. The normalized spacial score (nSPS) is 19.1. The van der Waals surface area contributed by atoms with Crippen molar-refractivity contribution in [1.82, 2.24) is 9.21 Å². The molecule has 27 heavy (non-hydrogen) atoms. The Bertz CT molecular complexity index is 902.